The summed E-state index contributed by atoms with van der Waals surface area (Å²) in [5.74, 6) is 0. The molecule has 0 saturated heterocycles. The molecule has 0 unspecified atom stereocenters. The molecule has 1 aromatic heterocycles. The zero-order valence-electron chi connectivity index (χ0n) is 20.6. The van der Waals surface area contributed by atoms with Crippen LogP contribution in [0.2, 0.25) is 0 Å². The number of fused-ring (bicyclic) bond motifs is 3. The van der Waals surface area contributed by atoms with Crippen molar-refractivity contribution in [1.29, 1.82) is 0 Å². The third-order valence-electron chi connectivity index (χ3n) is 7.47. The van der Waals surface area contributed by atoms with E-state index in [0.717, 1.165) is 5.56 Å². The highest BCUT2D eigenvalue weighted by Gasteiger charge is 2.17. The zero-order valence-corrected chi connectivity index (χ0v) is 20.6. The summed E-state index contributed by atoms with van der Waals surface area (Å²) in [6.45, 7) is 2.20. The molecule has 1 nitrogen and oxygen atoms in total. The predicted octanol–water partition coefficient (Wildman–Crippen LogP) is 9.85. The Morgan fingerprint density at radius 2 is 1.03 bits per heavy atom. The third kappa shape index (κ3) is 3.59. The SMILES string of the molecule is Cc1ccccc1-c1c2ccccc2c(-c2ccc3cc(-c4cccnc4)ccc3c2)c2ccccc12. The lowest BCUT2D eigenvalue weighted by Gasteiger charge is -2.19. The molecule has 1 heteroatoms. The molecule has 7 rings (SSSR count). The quantitative estimate of drug-likeness (QED) is 0.234. The monoisotopic (exact) mass is 471 g/mol. The van der Waals surface area contributed by atoms with Gasteiger partial charge >= 0.3 is 0 Å². The molecule has 0 aliphatic carbocycles. The summed E-state index contributed by atoms with van der Waals surface area (Å²) in [6.07, 6.45) is 3.74. The van der Waals surface area contributed by atoms with Crippen LogP contribution in [0.1, 0.15) is 5.56 Å². The lowest BCUT2D eigenvalue weighted by Crippen LogP contribution is -1.92. The lowest BCUT2D eigenvalue weighted by atomic mass is 9.84. The van der Waals surface area contributed by atoms with E-state index in [1.165, 1.54) is 65.7 Å². The Labute approximate surface area is 216 Å². The Balaban J connectivity index is 1.50. The second kappa shape index (κ2) is 8.72. The second-order valence-electron chi connectivity index (χ2n) is 9.67. The first-order chi connectivity index (χ1) is 18.3. The van der Waals surface area contributed by atoms with E-state index in [-0.39, 0.29) is 0 Å². The van der Waals surface area contributed by atoms with Gasteiger partial charge in [0.2, 0.25) is 0 Å². The molecule has 0 spiro atoms. The highest BCUT2D eigenvalue weighted by atomic mass is 14.6. The van der Waals surface area contributed by atoms with Gasteiger partial charge in [0.05, 0.1) is 0 Å². The molecule has 0 atom stereocenters. The van der Waals surface area contributed by atoms with Gasteiger partial charge in [0, 0.05) is 18.0 Å². The molecule has 0 bridgehead atoms. The minimum absolute atomic E-state index is 1.14. The topological polar surface area (TPSA) is 12.9 Å². The van der Waals surface area contributed by atoms with Gasteiger partial charge in [-0.1, -0.05) is 103 Å². The molecule has 1 heterocycles. The second-order valence-corrected chi connectivity index (χ2v) is 9.67. The zero-order chi connectivity index (χ0) is 24.8. The molecule has 0 N–H and O–H groups in total. The van der Waals surface area contributed by atoms with Gasteiger partial charge < -0.3 is 0 Å². The van der Waals surface area contributed by atoms with E-state index in [0.29, 0.717) is 0 Å². The molecule has 0 amide bonds. The number of hydrogen-bond donors (Lipinski definition) is 0. The molecule has 37 heavy (non-hydrogen) atoms. The van der Waals surface area contributed by atoms with Gasteiger partial charge in [0.1, 0.15) is 0 Å². The fraction of sp³-hybridized carbons (Fsp3) is 0.0278. The minimum Gasteiger partial charge on any atom is -0.264 e. The van der Waals surface area contributed by atoms with Crippen LogP contribution in [-0.4, -0.2) is 4.98 Å². The van der Waals surface area contributed by atoms with Crippen LogP contribution in [0.4, 0.5) is 0 Å². The van der Waals surface area contributed by atoms with Gasteiger partial charge in [-0.3, -0.25) is 4.98 Å². The molecule has 0 fully saturated rings. The van der Waals surface area contributed by atoms with E-state index in [9.17, 15) is 0 Å². The number of rotatable bonds is 3. The number of pyridine rings is 1. The van der Waals surface area contributed by atoms with Crippen LogP contribution in [0.25, 0.3) is 65.7 Å². The number of benzene rings is 6. The van der Waals surface area contributed by atoms with Gasteiger partial charge in [-0.05, 0) is 90.8 Å². The smallest absolute Gasteiger partial charge is 0.0346 e. The van der Waals surface area contributed by atoms with Crippen molar-refractivity contribution in [1.82, 2.24) is 4.98 Å². The van der Waals surface area contributed by atoms with Crippen molar-refractivity contribution in [2.45, 2.75) is 6.92 Å². The Morgan fingerprint density at radius 1 is 0.459 bits per heavy atom. The number of aromatic nitrogens is 1. The highest BCUT2D eigenvalue weighted by molar-refractivity contribution is 6.21. The summed E-state index contributed by atoms with van der Waals surface area (Å²) in [4.78, 5) is 4.29. The highest BCUT2D eigenvalue weighted by Crippen LogP contribution is 2.44. The van der Waals surface area contributed by atoms with Crippen LogP contribution >= 0.6 is 0 Å². The largest absolute Gasteiger partial charge is 0.264 e. The van der Waals surface area contributed by atoms with Crippen molar-refractivity contribution in [3.63, 3.8) is 0 Å². The molecular weight excluding hydrogens is 446 g/mol. The summed E-state index contributed by atoms with van der Waals surface area (Å²) >= 11 is 0. The maximum Gasteiger partial charge on any atom is 0.0346 e. The molecule has 0 aliphatic heterocycles. The van der Waals surface area contributed by atoms with Gasteiger partial charge in [-0.25, -0.2) is 0 Å². The first-order valence-corrected chi connectivity index (χ1v) is 12.7. The van der Waals surface area contributed by atoms with Gasteiger partial charge in [-0.15, -0.1) is 0 Å². The van der Waals surface area contributed by atoms with E-state index >= 15 is 0 Å². The average Bonchev–Trinajstić information content (AvgIpc) is 2.96. The van der Waals surface area contributed by atoms with E-state index in [1.54, 1.807) is 0 Å². The van der Waals surface area contributed by atoms with Crippen molar-refractivity contribution in [2.75, 3.05) is 0 Å². The number of nitrogens with zero attached hydrogens (tertiary/aromatic N) is 1. The lowest BCUT2D eigenvalue weighted by molar-refractivity contribution is 1.33. The Kier molecular flexibility index (Phi) is 5.08. The third-order valence-corrected chi connectivity index (χ3v) is 7.47. The number of aryl methyl sites for hydroxylation is 1. The maximum atomic E-state index is 4.29. The van der Waals surface area contributed by atoms with Crippen LogP contribution < -0.4 is 0 Å². The van der Waals surface area contributed by atoms with Gasteiger partial charge in [0.25, 0.3) is 0 Å². The number of hydrogen-bond acceptors (Lipinski definition) is 1. The fourth-order valence-corrected chi connectivity index (χ4v) is 5.70. The van der Waals surface area contributed by atoms with E-state index in [1.807, 2.05) is 18.5 Å². The van der Waals surface area contributed by atoms with Crippen LogP contribution in [-0.2, 0) is 0 Å². The van der Waals surface area contributed by atoms with Crippen LogP contribution in [0.3, 0.4) is 0 Å². The minimum atomic E-state index is 1.14. The average molecular weight is 472 g/mol. The Morgan fingerprint density at radius 3 is 1.65 bits per heavy atom. The standard InChI is InChI=1S/C36H25N/c1-24-9-2-3-11-30(24)36-33-14-6-4-12-31(33)35(32-13-5-7-15-34(32)36)28-19-18-25-21-27(17-16-26(25)22-28)29-10-8-20-37-23-29/h2-23H,1H3. The molecule has 7 aromatic rings. The summed E-state index contributed by atoms with van der Waals surface area (Å²) < 4.78 is 0. The molecule has 6 aromatic carbocycles. The first-order valence-electron chi connectivity index (χ1n) is 12.7. The van der Waals surface area contributed by atoms with Crippen LogP contribution in [0.15, 0.2) is 134 Å². The van der Waals surface area contributed by atoms with E-state index in [4.69, 9.17) is 0 Å². The molecular formula is C36H25N. The fourth-order valence-electron chi connectivity index (χ4n) is 5.70. The normalized spacial score (nSPS) is 11.4. The van der Waals surface area contributed by atoms with Crippen LogP contribution in [0.5, 0.6) is 0 Å². The first kappa shape index (κ1) is 21.5. The van der Waals surface area contributed by atoms with Crippen molar-refractivity contribution in [3.8, 4) is 33.4 Å². The van der Waals surface area contributed by atoms with Gasteiger partial charge in [0.15, 0.2) is 0 Å². The Bertz CT molecular complexity index is 1880. The Hall–Kier alpha value is -4.75. The molecule has 174 valence electrons. The molecule has 0 saturated carbocycles. The van der Waals surface area contributed by atoms with Crippen molar-refractivity contribution >= 4 is 32.3 Å². The van der Waals surface area contributed by atoms with Crippen LogP contribution in [0, 0.1) is 6.92 Å². The van der Waals surface area contributed by atoms with Gasteiger partial charge in [-0.2, -0.15) is 0 Å². The van der Waals surface area contributed by atoms with E-state index < -0.39 is 0 Å². The predicted molar refractivity (Wildman–Crippen MR) is 158 cm³/mol. The van der Waals surface area contributed by atoms with E-state index in [2.05, 4.69) is 127 Å². The molecule has 0 aliphatic rings. The molecule has 0 radical (unpaired) electrons. The maximum absolute atomic E-state index is 4.29. The summed E-state index contributed by atoms with van der Waals surface area (Å²) in [5, 5.41) is 7.61. The summed E-state index contributed by atoms with van der Waals surface area (Å²) in [5.41, 5.74) is 8.76. The van der Waals surface area contributed by atoms with Crippen molar-refractivity contribution in [2.24, 2.45) is 0 Å². The van der Waals surface area contributed by atoms with Crippen molar-refractivity contribution < 1.29 is 0 Å². The summed E-state index contributed by atoms with van der Waals surface area (Å²) in [7, 11) is 0. The van der Waals surface area contributed by atoms with Crippen molar-refractivity contribution in [3.05, 3.63) is 139 Å². The summed E-state index contributed by atoms with van der Waals surface area (Å²) in [6, 6.07) is 44.1.